The normalized spacial score (nSPS) is 23.9. The Morgan fingerprint density at radius 1 is 1.09 bits per heavy atom. The molecule has 2 saturated carbocycles. The van der Waals surface area contributed by atoms with E-state index in [0.29, 0.717) is 17.8 Å². The van der Waals surface area contributed by atoms with Crippen LogP contribution in [0.3, 0.4) is 0 Å². The van der Waals surface area contributed by atoms with Gasteiger partial charge in [-0.1, -0.05) is 0 Å². The highest BCUT2D eigenvalue weighted by atomic mass is 127. The van der Waals surface area contributed by atoms with E-state index < -0.39 is 0 Å². The molecule has 120 valence electrons. The average Bonchev–Trinajstić information content (AvgIpc) is 3.33. The van der Waals surface area contributed by atoms with Gasteiger partial charge in [-0.05, 0) is 60.8 Å². The molecule has 7 heteroatoms. The van der Waals surface area contributed by atoms with Gasteiger partial charge in [0, 0.05) is 27.8 Å². The van der Waals surface area contributed by atoms with E-state index in [-0.39, 0.29) is 6.04 Å². The van der Waals surface area contributed by atoms with Crippen molar-refractivity contribution < 1.29 is 0 Å². The smallest absolute Gasteiger partial charge is 0.185 e. The molecule has 2 aromatic heterocycles. The monoisotopic (exact) mass is 422 g/mol. The summed E-state index contributed by atoms with van der Waals surface area (Å²) in [6, 6.07) is 2.71. The Labute approximate surface area is 148 Å². The summed E-state index contributed by atoms with van der Waals surface area (Å²) in [5, 5.41) is 12.2. The van der Waals surface area contributed by atoms with Crippen LogP contribution in [0.2, 0.25) is 0 Å². The molecule has 0 aromatic carbocycles. The standard InChI is InChI=1S/C16H19IN6/c17-10-5-13(16-20-8-14(22-23-16)9-1-2-9)15(19-7-10)21-12-4-3-11(18)6-12/h5,7-9,11-12H,1-4,6,18H2,(H,19,21)/t11-,12-/m0/s1. The molecule has 2 aromatic rings. The van der Waals surface area contributed by atoms with Gasteiger partial charge >= 0.3 is 0 Å². The topological polar surface area (TPSA) is 89.6 Å². The van der Waals surface area contributed by atoms with Crippen molar-refractivity contribution in [3.63, 3.8) is 0 Å². The first kappa shape index (κ1) is 15.2. The number of anilines is 1. The fraction of sp³-hybridized carbons (Fsp3) is 0.500. The number of hydrogen-bond donors (Lipinski definition) is 2. The third kappa shape index (κ3) is 3.45. The lowest BCUT2D eigenvalue weighted by Crippen LogP contribution is -2.21. The molecular weight excluding hydrogens is 403 g/mol. The molecule has 0 radical (unpaired) electrons. The van der Waals surface area contributed by atoms with Crippen molar-refractivity contribution in [3.05, 3.63) is 27.7 Å². The molecule has 0 amide bonds. The first-order valence-electron chi connectivity index (χ1n) is 8.06. The summed E-state index contributed by atoms with van der Waals surface area (Å²) in [6.07, 6.45) is 9.24. The van der Waals surface area contributed by atoms with Crippen LogP contribution in [0, 0.1) is 3.57 Å². The predicted octanol–water partition coefficient (Wildman–Crippen LogP) is 2.71. The van der Waals surface area contributed by atoms with Crippen LogP contribution in [0.5, 0.6) is 0 Å². The molecule has 2 atom stereocenters. The molecule has 2 fully saturated rings. The van der Waals surface area contributed by atoms with Crippen LogP contribution < -0.4 is 11.1 Å². The van der Waals surface area contributed by atoms with Crippen LogP contribution in [0.1, 0.15) is 43.7 Å². The number of rotatable bonds is 4. The van der Waals surface area contributed by atoms with E-state index in [1.54, 1.807) is 0 Å². The highest BCUT2D eigenvalue weighted by Gasteiger charge is 2.26. The fourth-order valence-electron chi connectivity index (χ4n) is 3.04. The van der Waals surface area contributed by atoms with Crippen molar-refractivity contribution in [1.82, 2.24) is 20.2 Å². The summed E-state index contributed by atoms with van der Waals surface area (Å²) < 4.78 is 1.06. The molecule has 6 nitrogen and oxygen atoms in total. The van der Waals surface area contributed by atoms with Crippen LogP contribution in [0.15, 0.2) is 18.5 Å². The first-order valence-corrected chi connectivity index (χ1v) is 9.14. The third-order valence-corrected chi connectivity index (χ3v) is 5.07. The van der Waals surface area contributed by atoms with E-state index in [4.69, 9.17) is 5.73 Å². The highest BCUT2D eigenvalue weighted by Crippen LogP contribution is 2.38. The Balaban J connectivity index is 1.61. The van der Waals surface area contributed by atoms with E-state index in [1.165, 1.54) is 12.8 Å². The van der Waals surface area contributed by atoms with Crippen LogP contribution in [0.25, 0.3) is 11.4 Å². The number of nitrogens with one attached hydrogen (secondary N) is 1. The van der Waals surface area contributed by atoms with E-state index in [0.717, 1.165) is 39.9 Å². The lowest BCUT2D eigenvalue weighted by Gasteiger charge is -2.16. The predicted molar refractivity (Wildman–Crippen MR) is 97.0 cm³/mol. The zero-order chi connectivity index (χ0) is 15.8. The molecule has 4 rings (SSSR count). The summed E-state index contributed by atoms with van der Waals surface area (Å²) >= 11 is 2.26. The van der Waals surface area contributed by atoms with E-state index in [1.807, 2.05) is 12.4 Å². The lowest BCUT2D eigenvalue weighted by molar-refractivity contribution is 0.686. The van der Waals surface area contributed by atoms with Crippen molar-refractivity contribution in [2.24, 2.45) is 5.73 Å². The molecule has 23 heavy (non-hydrogen) atoms. The van der Waals surface area contributed by atoms with Gasteiger partial charge in [0.15, 0.2) is 5.82 Å². The van der Waals surface area contributed by atoms with Gasteiger partial charge in [-0.2, -0.15) is 5.10 Å². The molecule has 2 aliphatic carbocycles. The highest BCUT2D eigenvalue weighted by molar-refractivity contribution is 14.1. The Bertz CT molecular complexity index is 700. The summed E-state index contributed by atoms with van der Waals surface area (Å²) in [4.78, 5) is 9.07. The molecule has 0 aliphatic heterocycles. The van der Waals surface area contributed by atoms with Gasteiger partial charge < -0.3 is 11.1 Å². The van der Waals surface area contributed by atoms with Crippen LogP contribution in [-0.2, 0) is 0 Å². The number of hydrogen-bond acceptors (Lipinski definition) is 6. The Kier molecular flexibility index (Phi) is 4.14. The largest absolute Gasteiger partial charge is 0.367 e. The molecule has 0 unspecified atom stereocenters. The quantitative estimate of drug-likeness (QED) is 0.737. The molecule has 0 spiro atoms. The lowest BCUT2D eigenvalue weighted by atomic mass is 10.2. The second kappa shape index (κ2) is 6.27. The molecular formula is C16H19IN6. The molecule has 0 bridgehead atoms. The maximum atomic E-state index is 6.01. The van der Waals surface area contributed by atoms with Gasteiger partial charge in [0.05, 0.1) is 17.5 Å². The molecule has 2 heterocycles. The van der Waals surface area contributed by atoms with Crippen LogP contribution in [0.4, 0.5) is 5.82 Å². The number of aromatic nitrogens is 4. The van der Waals surface area contributed by atoms with Gasteiger partial charge in [0.2, 0.25) is 0 Å². The van der Waals surface area contributed by atoms with Crippen molar-refractivity contribution in [3.8, 4) is 11.4 Å². The Morgan fingerprint density at radius 3 is 2.61 bits per heavy atom. The van der Waals surface area contributed by atoms with E-state index in [9.17, 15) is 0 Å². The minimum Gasteiger partial charge on any atom is -0.367 e. The minimum atomic E-state index is 0.288. The van der Waals surface area contributed by atoms with E-state index in [2.05, 4.69) is 54.1 Å². The van der Waals surface area contributed by atoms with Crippen molar-refractivity contribution >= 4 is 28.4 Å². The first-order chi connectivity index (χ1) is 11.2. The molecule has 0 saturated heterocycles. The summed E-state index contributed by atoms with van der Waals surface area (Å²) in [5.74, 6) is 2.02. The van der Waals surface area contributed by atoms with Crippen LogP contribution in [-0.4, -0.2) is 32.2 Å². The minimum absolute atomic E-state index is 0.288. The van der Waals surface area contributed by atoms with Gasteiger partial charge in [0.25, 0.3) is 0 Å². The fourth-order valence-corrected chi connectivity index (χ4v) is 3.49. The third-order valence-electron chi connectivity index (χ3n) is 4.48. The SMILES string of the molecule is N[C@H]1CC[C@H](Nc2ncc(I)cc2-c2ncc(C3CC3)nn2)C1. The van der Waals surface area contributed by atoms with Crippen molar-refractivity contribution in [1.29, 1.82) is 0 Å². The number of pyridine rings is 1. The second-order valence-corrected chi connectivity index (χ2v) is 7.69. The van der Waals surface area contributed by atoms with Crippen molar-refractivity contribution in [2.45, 2.75) is 50.1 Å². The van der Waals surface area contributed by atoms with Gasteiger partial charge in [-0.3, -0.25) is 0 Å². The zero-order valence-electron chi connectivity index (χ0n) is 12.7. The average molecular weight is 422 g/mol. The van der Waals surface area contributed by atoms with Gasteiger partial charge in [-0.15, -0.1) is 5.10 Å². The molecule has 3 N–H and O–H groups in total. The number of nitrogens with two attached hydrogens (primary N) is 1. The summed E-state index contributed by atoms with van der Waals surface area (Å²) in [5.41, 5.74) is 7.92. The number of nitrogens with zero attached hydrogens (tertiary/aromatic N) is 4. The Hall–Kier alpha value is -1.35. The van der Waals surface area contributed by atoms with E-state index >= 15 is 0 Å². The summed E-state index contributed by atoms with van der Waals surface area (Å²) in [6.45, 7) is 0. The maximum absolute atomic E-state index is 6.01. The summed E-state index contributed by atoms with van der Waals surface area (Å²) in [7, 11) is 0. The van der Waals surface area contributed by atoms with Gasteiger partial charge in [0.1, 0.15) is 5.82 Å². The zero-order valence-corrected chi connectivity index (χ0v) is 14.9. The van der Waals surface area contributed by atoms with Crippen LogP contribution >= 0.6 is 22.6 Å². The number of halogens is 1. The van der Waals surface area contributed by atoms with Gasteiger partial charge in [-0.25, -0.2) is 9.97 Å². The maximum Gasteiger partial charge on any atom is 0.185 e. The van der Waals surface area contributed by atoms with Crippen molar-refractivity contribution in [2.75, 3.05) is 5.32 Å². The second-order valence-electron chi connectivity index (χ2n) is 6.45. The molecule has 2 aliphatic rings. The Morgan fingerprint density at radius 2 is 1.96 bits per heavy atom.